The lowest BCUT2D eigenvalue weighted by atomic mass is 9.93. The van der Waals surface area contributed by atoms with E-state index in [9.17, 15) is 0 Å². The second kappa shape index (κ2) is 22.0. The summed E-state index contributed by atoms with van der Waals surface area (Å²) in [4.78, 5) is 0. The van der Waals surface area contributed by atoms with Gasteiger partial charge in [0.15, 0.2) is 11.2 Å². The third-order valence-corrected chi connectivity index (χ3v) is 21.3. The van der Waals surface area contributed by atoms with Crippen LogP contribution in [0.15, 0.2) is 336 Å². The fourth-order valence-electron chi connectivity index (χ4n) is 14.6. The molecule has 440 valence electrons. The van der Waals surface area contributed by atoms with Gasteiger partial charge in [-0.2, -0.15) is 0 Å². The van der Waals surface area contributed by atoms with E-state index in [4.69, 9.17) is 8.83 Å². The Morgan fingerprint density at radius 2 is 0.596 bits per heavy atom. The van der Waals surface area contributed by atoms with Crippen LogP contribution >= 0.6 is 22.7 Å². The van der Waals surface area contributed by atoms with Gasteiger partial charge >= 0.3 is 0 Å². The molecule has 0 saturated heterocycles. The van der Waals surface area contributed by atoms with E-state index in [-0.39, 0.29) is 0 Å². The zero-order chi connectivity index (χ0) is 61.8. The second-order valence-electron chi connectivity index (χ2n) is 24.2. The lowest BCUT2D eigenvalue weighted by molar-refractivity contribution is 0.672. The first-order valence-corrected chi connectivity index (χ1v) is 33.5. The van der Waals surface area contributed by atoms with Crippen molar-refractivity contribution in [3.05, 3.63) is 328 Å². The minimum atomic E-state index is 0.894. The minimum Gasteiger partial charge on any atom is -0.454 e. The average molecular weight is 1240 g/mol. The van der Waals surface area contributed by atoms with Gasteiger partial charge in [-0.05, 0) is 146 Å². The molecule has 94 heavy (non-hydrogen) atoms. The van der Waals surface area contributed by atoms with Crippen molar-refractivity contribution >= 4 is 129 Å². The first kappa shape index (κ1) is 54.0. The quantitative estimate of drug-likeness (QED) is 0.152. The lowest BCUT2D eigenvalue weighted by Crippen LogP contribution is -1.92. The first-order valence-electron chi connectivity index (χ1n) is 31.9. The Kier molecular flexibility index (Phi) is 12.6. The third-order valence-electron chi connectivity index (χ3n) is 18.8. The zero-order valence-corrected chi connectivity index (χ0v) is 52.3. The third kappa shape index (κ3) is 8.72. The van der Waals surface area contributed by atoms with Crippen LogP contribution in [0.4, 0.5) is 0 Å². The van der Waals surface area contributed by atoms with Crippen molar-refractivity contribution in [1.29, 1.82) is 0 Å². The Bertz CT molecular complexity index is 6340. The van der Waals surface area contributed by atoms with Gasteiger partial charge in [-0.25, -0.2) is 0 Å². The van der Waals surface area contributed by atoms with Crippen LogP contribution in [-0.2, 0) is 0 Å². The van der Waals surface area contributed by atoms with Gasteiger partial charge in [0, 0.05) is 78.8 Å². The van der Waals surface area contributed by atoms with Crippen LogP contribution in [0.1, 0.15) is 0 Å². The Hall–Kier alpha value is -11.8. The average Bonchev–Trinajstić information content (AvgIpc) is 1.58. The molecular weight excluding hydrogens is 1180 g/mol. The van der Waals surface area contributed by atoms with E-state index in [0.29, 0.717) is 0 Å². The van der Waals surface area contributed by atoms with Crippen LogP contribution in [0.25, 0.3) is 184 Å². The normalized spacial score (nSPS) is 11.8. The molecule has 0 bridgehead atoms. The maximum absolute atomic E-state index is 6.72. The van der Waals surface area contributed by atoms with Crippen LogP contribution in [0.3, 0.4) is 0 Å². The summed E-state index contributed by atoms with van der Waals surface area (Å²) in [5.41, 5.74) is 25.0. The molecule has 0 aliphatic carbocycles. The molecule has 0 unspecified atom stereocenters. The molecule has 20 rings (SSSR count). The Morgan fingerprint density at radius 3 is 1.13 bits per heavy atom. The van der Waals surface area contributed by atoms with Gasteiger partial charge in [0.25, 0.3) is 0 Å². The number of fused-ring (bicyclic) bond motifs is 16. The highest BCUT2D eigenvalue weighted by Crippen LogP contribution is 2.48. The van der Waals surface area contributed by atoms with Gasteiger partial charge in [0.05, 0.1) is 11.0 Å². The van der Waals surface area contributed by atoms with Crippen molar-refractivity contribution in [3.63, 3.8) is 0 Å². The van der Waals surface area contributed by atoms with Gasteiger partial charge in [-0.1, -0.05) is 243 Å². The maximum atomic E-state index is 6.72. The van der Waals surface area contributed by atoms with Crippen LogP contribution in [0.5, 0.6) is 0 Å². The van der Waals surface area contributed by atoms with Gasteiger partial charge < -0.3 is 18.0 Å². The van der Waals surface area contributed by atoms with E-state index in [0.717, 1.165) is 88.4 Å². The predicted molar refractivity (Wildman–Crippen MR) is 400 cm³/mol. The van der Waals surface area contributed by atoms with Crippen molar-refractivity contribution in [1.82, 2.24) is 9.13 Å². The van der Waals surface area contributed by atoms with Crippen LogP contribution in [0.2, 0.25) is 0 Å². The number of hydrogen-bond donors (Lipinski definition) is 0. The fraction of sp³-hybridized carbons (Fsp3) is 0. The first-order chi connectivity index (χ1) is 46.6. The Labute approximate surface area is 548 Å². The molecule has 0 saturated carbocycles. The Balaban J connectivity index is 0.000000133. The van der Waals surface area contributed by atoms with Gasteiger partial charge in [-0.15, -0.1) is 22.7 Å². The summed E-state index contributed by atoms with van der Waals surface area (Å²) in [5, 5.41) is 9.69. The summed E-state index contributed by atoms with van der Waals surface area (Å²) in [7, 11) is 0. The number of rotatable bonds is 8. The van der Waals surface area contributed by atoms with Crippen LogP contribution in [-0.4, -0.2) is 9.13 Å². The number of aromatic nitrogens is 2. The molecule has 0 spiro atoms. The molecule has 0 atom stereocenters. The SMILES string of the molecule is c1ccc(-c2ccc3c(c2)sc2cc(-c4ccccc4-c4ccc5c(c4)oc4c6ccccc6n(-c6ccccc6)c54)ccc23)cc1.c1ccc(-c2cccc3c2sc2c(-c4ccccc4-c4ccc5c(c4)oc4c6ccccc6n(-c6ccccc6)c54)cccc23)cc1. The Morgan fingerprint density at radius 1 is 0.223 bits per heavy atom. The number of hydrogen-bond acceptors (Lipinski definition) is 4. The molecule has 6 aromatic heterocycles. The summed E-state index contributed by atoms with van der Waals surface area (Å²) < 4.78 is 23.3. The van der Waals surface area contributed by atoms with Crippen molar-refractivity contribution in [2.45, 2.75) is 0 Å². The second-order valence-corrected chi connectivity index (χ2v) is 26.3. The predicted octanol–water partition coefficient (Wildman–Crippen LogP) is 25.8. The molecule has 0 aliphatic rings. The summed E-state index contributed by atoms with van der Waals surface area (Å²) in [6.07, 6.45) is 0. The van der Waals surface area contributed by atoms with Crippen LogP contribution < -0.4 is 0 Å². The number of para-hydroxylation sites is 4. The standard InChI is InChI=1S/2C44H27NOS/c1-3-13-28(14-4-1)32-20-11-22-35-36-23-12-21-34(44(36)47-43(32)35)33-18-8-7-17-31(33)29-25-26-38-40(27-29)46-42-37-19-9-10-24-39(37)45(41(38)42)30-15-5-2-6-16-30;1-3-11-28(12-4-1)29-19-22-35-36-23-20-31(27-42(36)47-41(35)26-29)34-16-8-7-15-33(34)30-21-24-38-40(25-30)46-44-37-17-9-10-18-39(37)45(43(38)44)32-13-5-2-6-14-32/h2*1-27H. The monoisotopic (exact) mass is 1230 g/mol. The number of thiophene rings is 2. The van der Waals surface area contributed by atoms with Crippen LogP contribution in [0, 0.1) is 0 Å². The van der Waals surface area contributed by atoms with E-state index in [1.807, 2.05) is 22.7 Å². The highest BCUT2D eigenvalue weighted by molar-refractivity contribution is 7.27. The maximum Gasteiger partial charge on any atom is 0.161 e. The van der Waals surface area contributed by atoms with Gasteiger partial charge in [0.2, 0.25) is 0 Å². The molecular formula is C88H54N2O2S2. The van der Waals surface area contributed by atoms with Crippen molar-refractivity contribution < 1.29 is 8.83 Å². The molecule has 0 amide bonds. The molecule has 0 aliphatic heterocycles. The minimum absolute atomic E-state index is 0.894. The summed E-state index contributed by atoms with van der Waals surface area (Å²) >= 11 is 3.76. The summed E-state index contributed by atoms with van der Waals surface area (Å²) in [6, 6.07) is 118. The largest absolute Gasteiger partial charge is 0.454 e. The van der Waals surface area contributed by atoms with Crippen molar-refractivity contribution in [3.8, 4) is 78.1 Å². The highest BCUT2D eigenvalue weighted by Gasteiger charge is 2.24. The molecule has 6 heteroatoms. The van der Waals surface area contributed by atoms with E-state index in [2.05, 4.69) is 337 Å². The summed E-state index contributed by atoms with van der Waals surface area (Å²) in [6.45, 7) is 0. The topological polar surface area (TPSA) is 36.1 Å². The molecule has 4 nitrogen and oxygen atoms in total. The molecule has 6 heterocycles. The number of benzene rings is 14. The van der Waals surface area contributed by atoms with Crippen molar-refractivity contribution in [2.24, 2.45) is 0 Å². The highest BCUT2D eigenvalue weighted by atomic mass is 32.1. The molecule has 0 fully saturated rings. The fourth-order valence-corrected chi connectivity index (χ4v) is 17.1. The lowest BCUT2D eigenvalue weighted by Gasteiger charge is -2.11. The molecule has 0 radical (unpaired) electrons. The van der Waals surface area contributed by atoms with E-state index in [1.165, 1.54) is 96.0 Å². The van der Waals surface area contributed by atoms with Gasteiger partial charge in [0.1, 0.15) is 22.2 Å². The molecule has 20 aromatic rings. The molecule has 14 aromatic carbocycles. The summed E-state index contributed by atoms with van der Waals surface area (Å²) in [5.74, 6) is 0. The van der Waals surface area contributed by atoms with E-state index < -0.39 is 0 Å². The molecule has 0 N–H and O–H groups in total. The number of nitrogens with zero attached hydrogens (tertiary/aromatic N) is 2. The number of furan rings is 2. The van der Waals surface area contributed by atoms with E-state index in [1.54, 1.807) is 0 Å². The van der Waals surface area contributed by atoms with Gasteiger partial charge in [-0.3, -0.25) is 0 Å². The zero-order valence-electron chi connectivity index (χ0n) is 50.7. The smallest absolute Gasteiger partial charge is 0.161 e. The van der Waals surface area contributed by atoms with Crippen molar-refractivity contribution in [2.75, 3.05) is 0 Å². The van der Waals surface area contributed by atoms with E-state index >= 15 is 0 Å².